The van der Waals surface area contributed by atoms with Crippen LogP contribution in [-0.4, -0.2) is 35.8 Å². The molecule has 3 N–H and O–H groups in total. The molecule has 16 heavy (non-hydrogen) atoms. The van der Waals surface area contributed by atoms with Gasteiger partial charge >= 0.3 is 0 Å². The molecule has 2 unspecified atom stereocenters. The van der Waals surface area contributed by atoms with Crippen LogP contribution >= 0.6 is 23.7 Å². The van der Waals surface area contributed by atoms with Crippen molar-refractivity contribution in [1.29, 1.82) is 0 Å². The van der Waals surface area contributed by atoms with Gasteiger partial charge in [-0.3, -0.25) is 0 Å². The van der Waals surface area contributed by atoms with Gasteiger partial charge in [0.25, 0.3) is 0 Å². The number of aryl methyl sites for hydroxylation is 1. The van der Waals surface area contributed by atoms with Gasteiger partial charge in [-0.25, -0.2) is 4.98 Å². The number of aliphatic hydroxyl groups is 1. The van der Waals surface area contributed by atoms with Crippen LogP contribution in [0.25, 0.3) is 0 Å². The summed E-state index contributed by atoms with van der Waals surface area (Å²) in [6, 6.07) is 0. The lowest BCUT2D eigenvalue weighted by Crippen LogP contribution is -2.30. The molecule has 1 aliphatic heterocycles. The largest absolute Gasteiger partial charge is 0.391 e. The number of nitrogens with zero attached hydrogens (tertiary/aromatic N) is 1. The molecule has 0 bridgehead atoms. The highest BCUT2D eigenvalue weighted by Gasteiger charge is 2.24. The quantitative estimate of drug-likeness (QED) is 0.742. The molecule has 0 saturated carbocycles. The lowest BCUT2D eigenvalue weighted by Gasteiger charge is -2.13. The van der Waals surface area contributed by atoms with Crippen molar-refractivity contribution in [2.24, 2.45) is 5.92 Å². The summed E-state index contributed by atoms with van der Waals surface area (Å²) in [5.41, 5.74) is 2.98. The fraction of sp³-hybridized carbons (Fsp3) is 0.700. The van der Waals surface area contributed by atoms with Gasteiger partial charge in [-0.15, -0.1) is 23.7 Å². The number of rotatable bonds is 4. The standard InChI is InChI=1S/C10H17N3OS.ClH/c1-7-10(15-6-13-7)5-12-3-8-2-11-4-9(8)14;/h6,8-9,11-12,14H,2-5H2,1H3;1H. The van der Waals surface area contributed by atoms with Gasteiger partial charge in [-0.05, 0) is 6.92 Å². The van der Waals surface area contributed by atoms with E-state index in [1.807, 2.05) is 12.4 Å². The van der Waals surface area contributed by atoms with Gasteiger partial charge < -0.3 is 15.7 Å². The molecule has 2 atom stereocenters. The summed E-state index contributed by atoms with van der Waals surface area (Å²) in [6.07, 6.45) is -0.194. The fourth-order valence-corrected chi connectivity index (χ4v) is 2.54. The molecule has 1 aromatic rings. The summed E-state index contributed by atoms with van der Waals surface area (Å²) in [4.78, 5) is 5.49. The van der Waals surface area contributed by atoms with E-state index >= 15 is 0 Å². The first kappa shape index (κ1) is 13.9. The van der Waals surface area contributed by atoms with Crippen molar-refractivity contribution in [3.8, 4) is 0 Å². The van der Waals surface area contributed by atoms with E-state index in [4.69, 9.17) is 0 Å². The van der Waals surface area contributed by atoms with E-state index in [1.165, 1.54) is 4.88 Å². The topological polar surface area (TPSA) is 57.2 Å². The summed E-state index contributed by atoms with van der Waals surface area (Å²) in [6.45, 7) is 5.40. The third-order valence-corrected chi connectivity index (χ3v) is 3.78. The Balaban J connectivity index is 0.00000128. The number of aliphatic hydroxyl groups excluding tert-OH is 1. The molecule has 2 heterocycles. The van der Waals surface area contributed by atoms with Crippen LogP contribution in [0.4, 0.5) is 0 Å². The molecule has 0 spiro atoms. The van der Waals surface area contributed by atoms with Gasteiger partial charge in [0.15, 0.2) is 0 Å². The molecule has 0 amide bonds. The molecule has 92 valence electrons. The van der Waals surface area contributed by atoms with E-state index in [2.05, 4.69) is 15.6 Å². The molecule has 0 radical (unpaired) electrons. The number of aromatic nitrogens is 1. The second kappa shape index (κ2) is 6.51. The van der Waals surface area contributed by atoms with E-state index in [0.717, 1.165) is 31.9 Å². The third kappa shape index (κ3) is 3.40. The molecule has 0 aromatic carbocycles. The average Bonchev–Trinajstić information content (AvgIpc) is 2.78. The zero-order valence-corrected chi connectivity index (χ0v) is 10.9. The minimum absolute atomic E-state index is 0. The van der Waals surface area contributed by atoms with Crippen LogP contribution in [0.1, 0.15) is 10.6 Å². The van der Waals surface area contributed by atoms with E-state index in [1.54, 1.807) is 11.3 Å². The van der Waals surface area contributed by atoms with E-state index in [-0.39, 0.29) is 18.5 Å². The Morgan fingerprint density at radius 1 is 1.62 bits per heavy atom. The van der Waals surface area contributed by atoms with Crippen molar-refractivity contribution in [3.63, 3.8) is 0 Å². The molecule has 6 heteroatoms. The van der Waals surface area contributed by atoms with Crippen LogP contribution in [0, 0.1) is 12.8 Å². The predicted octanol–water partition coefficient (Wildman–Crippen LogP) is 0.543. The van der Waals surface area contributed by atoms with Crippen LogP contribution in [0.3, 0.4) is 0 Å². The third-order valence-electron chi connectivity index (χ3n) is 2.84. The number of β-amino-alcohol motifs (C(OH)–C–C–N with tert-alkyl or cyclic N) is 1. The number of thiazole rings is 1. The minimum atomic E-state index is -0.194. The summed E-state index contributed by atoms with van der Waals surface area (Å²) in [5.74, 6) is 0.346. The molecule has 1 fully saturated rings. The van der Waals surface area contributed by atoms with Crippen LogP contribution < -0.4 is 10.6 Å². The van der Waals surface area contributed by atoms with Gasteiger partial charge in [-0.2, -0.15) is 0 Å². The normalized spacial score (nSPS) is 24.4. The number of halogens is 1. The molecular weight excluding hydrogens is 246 g/mol. The second-order valence-corrected chi connectivity index (χ2v) is 4.92. The van der Waals surface area contributed by atoms with Crippen molar-refractivity contribution in [2.75, 3.05) is 19.6 Å². The lowest BCUT2D eigenvalue weighted by atomic mass is 10.1. The fourth-order valence-electron chi connectivity index (χ4n) is 1.79. The number of hydrogen-bond donors (Lipinski definition) is 3. The van der Waals surface area contributed by atoms with E-state index < -0.39 is 0 Å². The summed E-state index contributed by atoms with van der Waals surface area (Å²) in [7, 11) is 0. The maximum Gasteiger partial charge on any atom is 0.0798 e. The van der Waals surface area contributed by atoms with Crippen molar-refractivity contribution >= 4 is 23.7 Å². The highest BCUT2D eigenvalue weighted by atomic mass is 35.5. The van der Waals surface area contributed by atoms with Crippen LogP contribution in [-0.2, 0) is 6.54 Å². The zero-order chi connectivity index (χ0) is 10.7. The van der Waals surface area contributed by atoms with E-state index in [9.17, 15) is 5.11 Å². The summed E-state index contributed by atoms with van der Waals surface area (Å²) < 4.78 is 0. The van der Waals surface area contributed by atoms with Gasteiger partial charge in [0, 0.05) is 37.0 Å². The van der Waals surface area contributed by atoms with Crippen LogP contribution in [0.5, 0.6) is 0 Å². The van der Waals surface area contributed by atoms with Gasteiger partial charge in [0.2, 0.25) is 0 Å². The Hall–Kier alpha value is -0.200. The zero-order valence-electron chi connectivity index (χ0n) is 9.27. The second-order valence-electron chi connectivity index (χ2n) is 3.98. The van der Waals surface area contributed by atoms with Gasteiger partial charge in [-0.1, -0.05) is 0 Å². The van der Waals surface area contributed by atoms with E-state index in [0.29, 0.717) is 5.92 Å². The van der Waals surface area contributed by atoms with Crippen molar-refractivity contribution in [2.45, 2.75) is 19.6 Å². The lowest BCUT2D eigenvalue weighted by molar-refractivity contribution is 0.146. The Bertz CT molecular complexity index is 321. The Labute approximate surface area is 106 Å². The molecular formula is C10H18ClN3OS. The molecule has 1 aliphatic rings. The van der Waals surface area contributed by atoms with Gasteiger partial charge in [0.05, 0.1) is 17.3 Å². The number of hydrogen-bond acceptors (Lipinski definition) is 5. The molecule has 1 aromatic heterocycles. The Morgan fingerprint density at radius 3 is 3.00 bits per heavy atom. The highest BCUT2D eigenvalue weighted by Crippen LogP contribution is 2.12. The summed E-state index contributed by atoms with van der Waals surface area (Å²) >= 11 is 1.68. The average molecular weight is 264 g/mol. The number of nitrogens with one attached hydrogen (secondary N) is 2. The first-order valence-electron chi connectivity index (χ1n) is 5.26. The Kier molecular flexibility index (Phi) is 5.64. The van der Waals surface area contributed by atoms with Crippen LogP contribution in [0.2, 0.25) is 0 Å². The molecule has 1 saturated heterocycles. The van der Waals surface area contributed by atoms with Crippen molar-refractivity contribution < 1.29 is 5.11 Å². The predicted molar refractivity (Wildman–Crippen MR) is 68.2 cm³/mol. The Morgan fingerprint density at radius 2 is 2.44 bits per heavy atom. The highest BCUT2D eigenvalue weighted by molar-refractivity contribution is 7.09. The monoisotopic (exact) mass is 263 g/mol. The van der Waals surface area contributed by atoms with Crippen molar-refractivity contribution in [3.05, 3.63) is 16.1 Å². The smallest absolute Gasteiger partial charge is 0.0798 e. The first-order chi connectivity index (χ1) is 7.27. The molecule has 2 rings (SSSR count). The minimum Gasteiger partial charge on any atom is -0.391 e. The molecule has 4 nitrogen and oxygen atoms in total. The molecule has 0 aliphatic carbocycles. The maximum atomic E-state index is 9.59. The SMILES string of the molecule is Cc1ncsc1CNCC1CNCC1O.Cl. The van der Waals surface area contributed by atoms with Crippen molar-refractivity contribution in [1.82, 2.24) is 15.6 Å². The maximum absolute atomic E-state index is 9.59. The van der Waals surface area contributed by atoms with Crippen LogP contribution in [0.15, 0.2) is 5.51 Å². The summed E-state index contributed by atoms with van der Waals surface area (Å²) in [5, 5.41) is 16.1. The van der Waals surface area contributed by atoms with Gasteiger partial charge in [0.1, 0.15) is 0 Å². The first-order valence-corrected chi connectivity index (χ1v) is 6.14.